The fourth-order valence-electron chi connectivity index (χ4n) is 2.29. The van der Waals surface area contributed by atoms with Gasteiger partial charge in [0.1, 0.15) is 5.82 Å². The van der Waals surface area contributed by atoms with E-state index in [0.29, 0.717) is 17.8 Å². The monoisotopic (exact) mass is 298 g/mol. The van der Waals surface area contributed by atoms with Crippen LogP contribution in [0.4, 0.5) is 17.2 Å². The lowest BCUT2D eigenvalue weighted by Gasteiger charge is -2.19. The van der Waals surface area contributed by atoms with Gasteiger partial charge in [0.2, 0.25) is 5.91 Å². The molecule has 0 unspecified atom stereocenters. The minimum absolute atomic E-state index is 0.0806. The van der Waals surface area contributed by atoms with Crippen molar-refractivity contribution < 1.29 is 4.79 Å². The lowest BCUT2D eigenvalue weighted by molar-refractivity contribution is -0.115. The minimum atomic E-state index is -0.0806. The quantitative estimate of drug-likeness (QED) is 0.804. The number of hydrogen-bond acceptors (Lipinski definition) is 4. The van der Waals surface area contributed by atoms with Crippen LogP contribution in [0.5, 0.6) is 0 Å². The third kappa shape index (κ3) is 4.22. The number of nitrogens with two attached hydrogens (primary N) is 1. The van der Waals surface area contributed by atoms with E-state index >= 15 is 0 Å². The molecule has 2 rings (SSSR count). The molecular formula is C17H22N4O. The zero-order chi connectivity index (χ0) is 15.9. The van der Waals surface area contributed by atoms with E-state index in [9.17, 15) is 4.79 Å². The first-order valence-corrected chi connectivity index (χ1v) is 7.47. The third-order valence-electron chi connectivity index (χ3n) is 3.43. The number of nitrogens with one attached hydrogen (secondary N) is 1. The molecule has 3 N–H and O–H groups in total. The van der Waals surface area contributed by atoms with E-state index in [1.54, 1.807) is 18.3 Å². The summed E-state index contributed by atoms with van der Waals surface area (Å²) >= 11 is 0. The topological polar surface area (TPSA) is 71.2 Å². The van der Waals surface area contributed by atoms with E-state index < -0.39 is 0 Å². The van der Waals surface area contributed by atoms with Gasteiger partial charge < -0.3 is 16.0 Å². The number of benzene rings is 1. The van der Waals surface area contributed by atoms with Crippen LogP contribution in [0.1, 0.15) is 19.4 Å². The first-order chi connectivity index (χ1) is 10.6. The molecule has 116 valence electrons. The molecular weight excluding hydrogens is 276 g/mol. The Hall–Kier alpha value is -2.56. The summed E-state index contributed by atoms with van der Waals surface area (Å²) in [6.07, 6.45) is 1.98. The largest absolute Gasteiger partial charge is 0.399 e. The highest BCUT2D eigenvalue weighted by Gasteiger charge is 2.06. The first-order valence-electron chi connectivity index (χ1n) is 7.47. The second kappa shape index (κ2) is 7.45. The average molecular weight is 298 g/mol. The van der Waals surface area contributed by atoms with Crippen molar-refractivity contribution in [3.8, 4) is 0 Å². The van der Waals surface area contributed by atoms with E-state index in [0.717, 1.165) is 24.5 Å². The summed E-state index contributed by atoms with van der Waals surface area (Å²) in [5, 5.41) is 2.85. The maximum Gasteiger partial charge on any atom is 0.228 e. The van der Waals surface area contributed by atoms with Crippen molar-refractivity contribution >= 4 is 23.1 Å². The Bertz CT molecular complexity index is 621. The van der Waals surface area contributed by atoms with Crippen molar-refractivity contribution in [1.82, 2.24) is 4.98 Å². The van der Waals surface area contributed by atoms with E-state index in [4.69, 9.17) is 5.73 Å². The Morgan fingerprint density at radius 2 is 2.00 bits per heavy atom. The molecule has 0 saturated carbocycles. The van der Waals surface area contributed by atoms with Crippen molar-refractivity contribution in [2.45, 2.75) is 20.3 Å². The smallest absolute Gasteiger partial charge is 0.228 e. The second-order valence-corrected chi connectivity index (χ2v) is 5.05. The van der Waals surface area contributed by atoms with Crippen molar-refractivity contribution in [3.05, 3.63) is 48.2 Å². The van der Waals surface area contributed by atoms with Crippen LogP contribution in [0.3, 0.4) is 0 Å². The van der Waals surface area contributed by atoms with E-state index in [2.05, 4.69) is 29.0 Å². The van der Waals surface area contributed by atoms with Crippen molar-refractivity contribution in [2.75, 3.05) is 29.0 Å². The SMILES string of the molecule is CCN(CC)c1ccc(NC(=O)Cc2cccc(N)c2)cn1. The van der Waals surface area contributed by atoms with Gasteiger partial charge >= 0.3 is 0 Å². The van der Waals surface area contributed by atoms with Gasteiger partial charge in [0.15, 0.2) is 0 Å². The molecule has 0 aliphatic carbocycles. The third-order valence-corrected chi connectivity index (χ3v) is 3.43. The molecule has 1 heterocycles. The maximum atomic E-state index is 12.0. The maximum absolute atomic E-state index is 12.0. The lowest BCUT2D eigenvalue weighted by Crippen LogP contribution is -2.23. The molecule has 0 saturated heterocycles. The second-order valence-electron chi connectivity index (χ2n) is 5.05. The summed E-state index contributed by atoms with van der Waals surface area (Å²) in [4.78, 5) is 18.6. The van der Waals surface area contributed by atoms with Crippen molar-refractivity contribution in [2.24, 2.45) is 0 Å². The highest BCUT2D eigenvalue weighted by atomic mass is 16.1. The molecule has 0 aliphatic rings. The van der Waals surface area contributed by atoms with Crippen molar-refractivity contribution in [1.29, 1.82) is 0 Å². The number of aromatic nitrogens is 1. The van der Waals surface area contributed by atoms with Crippen LogP contribution in [0.15, 0.2) is 42.6 Å². The average Bonchev–Trinajstić information content (AvgIpc) is 2.50. The Morgan fingerprint density at radius 1 is 1.23 bits per heavy atom. The zero-order valence-electron chi connectivity index (χ0n) is 13.0. The molecule has 0 aliphatic heterocycles. The molecule has 0 fully saturated rings. The standard InChI is InChI=1S/C17H22N4O/c1-3-21(4-2)16-9-8-15(12-19-16)20-17(22)11-13-6-5-7-14(18)10-13/h5-10,12H,3-4,11,18H2,1-2H3,(H,20,22). The minimum Gasteiger partial charge on any atom is -0.399 e. The number of nitrogen functional groups attached to an aromatic ring is 1. The number of anilines is 3. The zero-order valence-corrected chi connectivity index (χ0v) is 13.0. The van der Waals surface area contributed by atoms with Gasteiger partial charge in [0.05, 0.1) is 18.3 Å². The Balaban J connectivity index is 1.97. The molecule has 1 amide bonds. The van der Waals surface area contributed by atoms with Crippen LogP contribution in [0, 0.1) is 0 Å². The number of carbonyl (C=O) groups is 1. The van der Waals surface area contributed by atoms with Crippen LogP contribution < -0.4 is 16.0 Å². The highest BCUT2D eigenvalue weighted by Crippen LogP contribution is 2.14. The van der Waals surface area contributed by atoms with Crippen LogP contribution in [-0.2, 0) is 11.2 Å². The van der Waals surface area contributed by atoms with Gasteiger partial charge in [-0.2, -0.15) is 0 Å². The Labute approximate surface area is 131 Å². The summed E-state index contributed by atoms with van der Waals surface area (Å²) in [7, 11) is 0. The number of pyridine rings is 1. The Morgan fingerprint density at radius 3 is 2.59 bits per heavy atom. The molecule has 5 heteroatoms. The predicted octanol–water partition coefficient (Wildman–Crippen LogP) is 2.69. The van der Waals surface area contributed by atoms with E-state index in [1.165, 1.54) is 0 Å². The fourth-order valence-corrected chi connectivity index (χ4v) is 2.29. The van der Waals surface area contributed by atoms with Gasteiger partial charge in [-0.3, -0.25) is 4.79 Å². The van der Waals surface area contributed by atoms with Crippen LogP contribution in [0.2, 0.25) is 0 Å². The van der Waals surface area contributed by atoms with Crippen LogP contribution in [0.25, 0.3) is 0 Å². The van der Waals surface area contributed by atoms with E-state index in [-0.39, 0.29) is 5.91 Å². The molecule has 2 aromatic rings. The van der Waals surface area contributed by atoms with Crippen LogP contribution >= 0.6 is 0 Å². The molecule has 0 atom stereocenters. The Kier molecular flexibility index (Phi) is 5.36. The van der Waals surface area contributed by atoms with Crippen molar-refractivity contribution in [3.63, 3.8) is 0 Å². The van der Waals surface area contributed by atoms with Gasteiger partial charge in [-0.1, -0.05) is 12.1 Å². The lowest BCUT2D eigenvalue weighted by atomic mass is 10.1. The molecule has 0 bridgehead atoms. The van der Waals surface area contributed by atoms with Gasteiger partial charge in [-0.25, -0.2) is 4.98 Å². The normalized spacial score (nSPS) is 10.3. The van der Waals surface area contributed by atoms with Gasteiger partial charge in [0.25, 0.3) is 0 Å². The molecule has 0 radical (unpaired) electrons. The summed E-state index contributed by atoms with van der Waals surface area (Å²) in [6.45, 7) is 5.99. The van der Waals surface area contributed by atoms with Gasteiger partial charge in [-0.05, 0) is 43.7 Å². The number of carbonyl (C=O) groups excluding carboxylic acids is 1. The molecule has 1 aromatic heterocycles. The van der Waals surface area contributed by atoms with Gasteiger partial charge in [-0.15, -0.1) is 0 Å². The summed E-state index contributed by atoms with van der Waals surface area (Å²) in [5.41, 5.74) is 7.97. The predicted molar refractivity (Wildman–Crippen MR) is 91.0 cm³/mol. The summed E-state index contributed by atoms with van der Waals surface area (Å²) in [6, 6.07) is 11.1. The first kappa shape index (κ1) is 15.8. The molecule has 22 heavy (non-hydrogen) atoms. The van der Waals surface area contributed by atoms with Gasteiger partial charge in [0, 0.05) is 18.8 Å². The molecule has 5 nitrogen and oxygen atoms in total. The number of hydrogen-bond donors (Lipinski definition) is 2. The summed E-state index contributed by atoms with van der Waals surface area (Å²) in [5.74, 6) is 0.835. The molecule has 1 aromatic carbocycles. The number of nitrogens with zero attached hydrogens (tertiary/aromatic N) is 2. The number of rotatable bonds is 6. The van der Waals surface area contributed by atoms with E-state index in [1.807, 2.05) is 24.3 Å². The highest BCUT2D eigenvalue weighted by molar-refractivity contribution is 5.92. The summed E-state index contributed by atoms with van der Waals surface area (Å²) < 4.78 is 0. The molecule has 0 spiro atoms. The number of amides is 1. The fraction of sp³-hybridized carbons (Fsp3) is 0.294. The van der Waals surface area contributed by atoms with Crippen LogP contribution in [-0.4, -0.2) is 24.0 Å².